The van der Waals surface area contributed by atoms with Crippen molar-refractivity contribution in [3.63, 3.8) is 0 Å². The lowest BCUT2D eigenvalue weighted by atomic mass is 9.77. The highest BCUT2D eigenvalue weighted by atomic mass is 19.1. The van der Waals surface area contributed by atoms with E-state index < -0.39 is 34.9 Å². The molecule has 0 unspecified atom stereocenters. The van der Waals surface area contributed by atoms with Gasteiger partial charge in [-0.3, -0.25) is 18.8 Å². The number of rotatable bonds is 10. The van der Waals surface area contributed by atoms with Crippen molar-refractivity contribution in [2.75, 3.05) is 0 Å². The van der Waals surface area contributed by atoms with Crippen LogP contribution in [0.15, 0.2) is 170 Å². The average Bonchev–Trinajstić information content (AvgIpc) is 3.88. The molecule has 2 heterocycles. The maximum Gasteiger partial charge on any atom is 0.254 e. The molecule has 0 aliphatic rings. The number of aromatic nitrogens is 4. The molecule has 0 aliphatic heterocycles. The maximum absolute atomic E-state index is 15.6. The first-order valence-corrected chi connectivity index (χ1v) is 17.4. The summed E-state index contributed by atoms with van der Waals surface area (Å²) in [5.41, 5.74) is 6.07. The van der Waals surface area contributed by atoms with Crippen molar-refractivity contribution < 1.29 is 18.4 Å². The van der Waals surface area contributed by atoms with Gasteiger partial charge in [-0.05, 0) is 83.8 Å². The Morgan fingerprint density at radius 3 is 1.91 bits per heavy atom. The Labute approximate surface area is 310 Å². The van der Waals surface area contributed by atoms with Crippen LogP contribution in [0.2, 0.25) is 0 Å². The standard InChI is InChI=1S/C45H33F2N5O2/c1-30(43(53)31-17-20-37(46)21-18-31)50-44(54)39-23-22-38(26-40(39)47)51-29-48-41-24-19-32(25-42(41)51)33-27-49-52(28-33)45(34-11-5-2-6-12-34,35-13-7-3-8-14-35)36-15-9-4-10-16-36/h2-30H,1H3,(H,50,54)/t30-/m0/s1. The summed E-state index contributed by atoms with van der Waals surface area (Å²) in [6, 6.07) is 45.2. The maximum atomic E-state index is 15.6. The van der Waals surface area contributed by atoms with Crippen molar-refractivity contribution >= 4 is 22.7 Å². The number of fused-ring (bicyclic) bond motifs is 1. The van der Waals surface area contributed by atoms with Gasteiger partial charge in [0, 0.05) is 17.3 Å². The van der Waals surface area contributed by atoms with E-state index in [1.54, 1.807) is 17.0 Å². The van der Waals surface area contributed by atoms with Gasteiger partial charge in [0.05, 0.1) is 34.5 Å². The van der Waals surface area contributed by atoms with Crippen molar-refractivity contribution in [1.29, 1.82) is 0 Å². The molecule has 0 saturated heterocycles. The number of halogens is 2. The largest absolute Gasteiger partial charge is 0.342 e. The van der Waals surface area contributed by atoms with Gasteiger partial charge in [-0.15, -0.1) is 0 Å². The lowest BCUT2D eigenvalue weighted by Gasteiger charge is -2.36. The van der Waals surface area contributed by atoms with Crippen molar-refractivity contribution in [1.82, 2.24) is 24.6 Å². The summed E-state index contributed by atoms with van der Waals surface area (Å²) in [5, 5.41) is 7.56. The van der Waals surface area contributed by atoms with E-state index in [1.807, 2.05) is 89.9 Å². The summed E-state index contributed by atoms with van der Waals surface area (Å²) in [7, 11) is 0. The first-order chi connectivity index (χ1) is 26.3. The zero-order valence-electron chi connectivity index (χ0n) is 29.1. The summed E-state index contributed by atoms with van der Waals surface area (Å²) in [6.07, 6.45) is 5.51. The molecule has 6 aromatic carbocycles. The molecule has 0 saturated carbocycles. The number of ketones is 1. The first-order valence-electron chi connectivity index (χ1n) is 17.4. The molecule has 1 amide bonds. The van der Waals surface area contributed by atoms with Crippen LogP contribution < -0.4 is 5.32 Å². The molecule has 0 fully saturated rings. The third kappa shape index (κ3) is 6.15. The second-order valence-electron chi connectivity index (χ2n) is 13.0. The Bertz CT molecular complexity index is 2510. The molecule has 54 heavy (non-hydrogen) atoms. The van der Waals surface area contributed by atoms with Gasteiger partial charge in [0.15, 0.2) is 5.78 Å². The topological polar surface area (TPSA) is 81.8 Å². The van der Waals surface area contributed by atoms with E-state index in [9.17, 15) is 14.0 Å². The number of nitrogens with one attached hydrogen (secondary N) is 1. The number of amides is 1. The Morgan fingerprint density at radius 1 is 0.704 bits per heavy atom. The molecule has 1 N–H and O–H groups in total. The molecule has 264 valence electrons. The molecule has 0 spiro atoms. The van der Waals surface area contributed by atoms with Crippen LogP contribution in [0.25, 0.3) is 27.8 Å². The van der Waals surface area contributed by atoms with Crippen molar-refractivity contribution in [2.24, 2.45) is 0 Å². The second kappa shape index (κ2) is 14.2. The Hall–Kier alpha value is -7.00. The lowest BCUT2D eigenvalue weighted by molar-refractivity contribution is 0.0863. The van der Waals surface area contributed by atoms with E-state index in [-0.39, 0.29) is 11.1 Å². The van der Waals surface area contributed by atoms with Gasteiger partial charge in [-0.2, -0.15) is 5.10 Å². The molecule has 8 rings (SSSR count). The van der Waals surface area contributed by atoms with E-state index in [4.69, 9.17) is 5.10 Å². The van der Waals surface area contributed by atoms with E-state index in [0.717, 1.165) is 33.3 Å². The molecule has 9 heteroatoms. The third-order valence-electron chi connectivity index (χ3n) is 9.73. The molecule has 2 aromatic heterocycles. The summed E-state index contributed by atoms with van der Waals surface area (Å²) in [6.45, 7) is 1.50. The minimum absolute atomic E-state index is 0.214. The predicted octanol–water partition coefficient (Wildman–Crippen LogP) is 9.01. The van der Waals surface area contributed by atoms with Crippen molar-refractivity contribution in [3.8, 4) is 16.8 Å². The zero-order valence-corrected chi connectivity index (χ0v) is 29.1. The number of benzene rings is 6. The van der Waals surface area contributed by atoms with Gasteiger partial charge in [0.25, 0.3) is 5.91 Å². The SMILES string of the molecule is C[C@H](NC(=O)c1ccc(-n2cnc3ccc(-c4cnn(C(c5ccccc5)(c5ccccc5)c5ccccc5)c4)cc32)cc1F)C(=O)c1ccc(F)cc1. The smallest absolute Gasteiger partial charge is 0.254 e. The predicted molar refractivity (Wildman–Crippen MR) is 205 cm³/mol. The Kier molecular flexibility index (Phi) is 8.97. The quantitative estimate of drug-likeness (QED) is 0.113. The third-order valence-corrected chi connectivity index (χ3v) is 9.73. The van der Waals surface area contributed by atoms with Crippen LogP contribution >= 0.6 is 0 Å². The van der Waals surface area contributed by atoms with Crippen molar-refractivity contribution in [2.45, 2.75) is 18.5 Å². The summed E-state index contributed by atoms with van der Waals surface area (Å²) in [4.78, 5) is 30.4. The molecular formula is C45H33F2N5O2. The second-order valence-corrected chi connectivity index (χ2v) is 13.0. The van der Waals surface area contributed by atoms with E-state index >= 15 is 4.39 Å². The van der Waals surface area contributed by atoms with Crippen LogP contribution in [0.1, 0.15) is 44.3 Å². The van der Waals surface area contributed by atoms with E-state index in [1.165, 1.54) is 43.3 Å². The molecule has 0 aliphatic carbocycles. The molecule has 8 aromatic rings. The summed E-state index contributed by atoms with van der Waals surface area (Å²) >= 11 is 0. The zero-order chi connectivity index (χ0) is 37.2. The number of nitrogens with zero attached hydrogens (tertiary/aromatic N) is 4. The fraction of sp³-hybridized carbons (Fsp3) is 0.0667. The van der Waals surface area contributed by atoms with Crippen LogP contribution in [0.4, 0.5) is 8.78 Å². The van der Waals surface area contributed by atoms with Gasteiger partial charge in [-0.1, -0.05) is 97.1 Å². The van der Waals surface area contributed by atoms with E-state index in [0.29, 0.717) is 11.2 Å². The molecule has 0 radical (unpaired) electrons. The van der Waals surface area contributed by atoms with Crippen LogP contribution in [0.5, 0.6) is 0 Å². The monoisotopic (exact) mass is 713 g/mol. The van der Waals surface area contributed by atoms with Crippen LogP contribution in [0.3, 0.4) is 0 Å². The van der Waals surface area contributed by atoms with Gasteiger partial charge in [0.2, 0.25) is 0 Å². The normalized spacial score (nSPS) is 12.1. The van der Waals surface area contributed by atoms with Gasteiger partial charge >= 0.3 is 0 Å². The van der Waals surface area contributed by atoms with Crippen LogP contribution in [-0.4, -0.2) is 37.1 Å². The molecular weight excluding hydrogens is 681 g/mol. The highest BCUT2D eigenvalue weighted by Crippen LogP contribution is 2.41. The average molecular weight is 714 g/mol. The highest BCUT2D eigenvalue weighted by Gasteiger charge is 2.39. The minimum atomic E-state index is -0.958. The number of carbonyl (C=O) groups is 2. The lowest BCUT2D eigenvalue weighted by Crippen LogP contribution is -2.38. The Balaban J connectivity index is 1.12. The first kappa shape index (κ1) is 34.1. The molecule has 1 atom stereocenters. The highest BCUT2D eigenvalue weighted by molar-refractivity contribution is 6.04. The summed E-state index contributed by atoms with van der Waals surface area (Å²) < 4.78 is 32.6. The van der Waals surface area contributed by atoms with E-state index in [2.05, 4.69) is 46.7 Å². The van der Waals surface area contributed by atoms with Gasteiger partial charge in [-0.25, -0.2) is 13.8 Å². The van der Waals surface area contributed by atoms with Crippen LogP contribution in [-0.2, 0) is 5.54 Å². The molecule has 7 nitrogen and oxygen atoms in total. The van der Waals surface area contributed by atoms with Gasteiger partial charge < -0.3 is 5.32 Å². The fourth-order valence-corrected chi connectivity index (χ4v) is 7.03. The Morgan fingerprint density at radius 2 is 1.31 bits per heavy atom. The number of carbonyl (C=O) groups excluding carboxylic acids is 2. The van der Waals surface area contributed by atoms with Crippen LogP contribution in [0, 0.1) is 11.6 Å². The number of hydrogen-bond donors (Lipinski definition) is 1. The van der Waals surface area contributed by atoms with Gasteiger partial charge in [0.1, 0.15) is 23.5 Å². The fourth-order valence-electron chi connectivity index (χ4n) is 7.03. The number of imidazole rings is 1. The van der Waals surface area contributed by atoms with Crippen molar-refractivity contribution in [3.05, 3.63) is 210 Å². The minimum Gasteiger partial charge on any atom is -0.342 e. The number of Topliss-reactive ketones (excluding diaryl/α,β-unsaturated/α-hetero) is 1. The molecule has 0 bridgehead atoms. The number of hydrogen-bond acceptors (Lipinski definition) is 4. The summed E-state index contributed by atoms with van der Waals surface area (Å²) in [5.74, 6) is -2.40.